The van der Waals surface area contributed by atoms with E-state index in [0.717, 1.165) is 0 Å². The molecular formula is C7H8S2. The fourth-order valence-electron chi connectivity index (χ4n) is 0.623. The molecular weight excluding hydrogens is 148 g/mol. The molecule has 1 aromatic heterocycles. The molecule has 1 rings (SSSR count). The largest absolute Gasteiger partial charge is 0.137 e. The second-order valence-electron chi connectivity index (χ2n) is 1.57. The Morgan fingerprint density at radius 1 is 1.78 bits per heavy atom. The predicted molar refractivity (Wildman–Crippen MR) is 46.2 cm³/mol. The maximum Gasteiger partial charge on any atom is 0.0668 e. The molecule has 0 spiro atoms. The Morgan fingerprint density at radius 3 is 3.00 bits per heavy atom. The molecule has 0 aliphatic carbocycles. The molecule has 0 N–H and O–H groups in total. The molecule has 0 saturated heterocycles. The number of hydrogen-bond donors (Lipinski definition) is 0. The van der Waals surface area contributed by atoms with Crippen LogP contribution in [-0.4, -0.2) is 6.26 Å². The van der Waals surface area contributed by atoms with Crippen molar-refractivity contribution in [3.63, 3.8) is 0 Å². The molecule has 0 atom stereocenters. The quantitative estimate of drug-likeness (QED) is 0.593. The predicted octanol–water partition coefficient (Wildman–Crippen LogP) is 3.11. The van der Waals surface area contributed by atoms with Crippen LogP contribution in [0.5, 0.6) is 0 Å². The molecule has 1 aromatic rings. The van der Waals surface area contributed by atoms with Crippen molar-refractivity contribution in [2.75, 3.05) is 6.26 Å². The van der Waals surface area contributed by atoms with Crippen molar-refractivity contribution in [1.82, 2.24) is 0 Å². The molecule has 0 saturated carbocycles. The Kier molecular flexibility index (Phi) is 2.37. The van der Waals surface area contributed by atoms with Crippen LogP contribution in [0.1, 0.15) is 5.56 Å². The molecule has 0 amide bonds. The minimum absolute atomic E-state index is 1.26. The summed E-state index contributed by atoms with van der Waals surface area (Å²) in [6.07, 6.45) is 3.97. The molecule has 0 aromatic carbocycles. The van der Waals surface area contributed by atoms with E-state index in [4.69, 9.17) is 0 Å². The van der Waals surface area contributed by atoms with Crippen molar-refractivity contribution in [3.05, 3.63) is 23.6 Å². The summed E-state index contributed by atoms with van der Waals surface area (Å²) in [6.45, 7) is 3.71. The lowest BCUT2D eigenvalue weighted by Crippen LogP contribution is -1.62. The van der Waals surface area contributed by atoms with Crippen molar-refractivity contribution < 1.29 is 0 Å². The Labute approximate surface area is 63.6 Å². The average molecular weight is 156 g/mol. The summed E-state index contributed by atoms with van der Waals surface area (Å²) < 4.78 is 1.35. The normalized spacial score (nSPS) is 9.44. The third kappa shape index (κ3) is 1.37. The van der Waals surface area contributed by atoms with Gasteiger partial charge in [0.05, 0.1) is 4.21 Å². The van der Waals surface area contributed by atoms with Crippen LogP contribution in [0.25, 0.3) is 6.08 Å². The van der Waals surface area contributed by atoms with Gasteiger partial charge in [-0.25, -0.2) is 0 Å². The Bertz CT molecular complexity index is 200. The van der Waals surface area contributed by atoms with Gasteiger partial charge in [-0.15, -0.1) is 23.1 Å². The van der Waals surface area contributed by atoms with Gasteiger partial charge in [0.15, 0.2) is 0 Å². The molecule has 0 fully saturated rings. The van der Waals surface area contributed by atoms with Crippen LogP contribution in [0.2, 0.25) is 0 Å². The molecule has 0 aliphatic heterocycles. The third-order valence-corrected chi connectivity index (χ3v) is 3.18. The summed E-state index contributed by atoms with van der Waals surface area (Å²) in [5.74, 6) is 0. The summed E-state index contributed by atoms with van der Waals surface area (Å²) >= 11 is 3.54. The second kappa shape index (κ2) is 3.08. The van der Waals surface area contributed by atoms with Gasteiger partial charge in [-0.05, 0) is 23.3 Å². The van der Waals surface area contributed by atoms with E-state index < -0.39 is 0 Å². The lowest BCUT2D eigenvalue weighted by Gasteiger charge is -1.89. The summed E-state index contributed by atoms with van der Waals surface area (Å²) in [5, 5.41) is 2.09. The van der Waals surface area contributed by atoms with E-state index in [1.54, 1.807) is 23.1 Å². The monoisotopic (exact) mass is 156 g/mol. The Morgan fingerprint density at radius 2 is 2.56 bits per heavy atom. The van der Waals surface area contributed by atoms with Gasteiger partial charge in [-0.3, -0.25) is 0 Å². The van der Waals surface area contributed by atoms with Crippen LogP contribution >= 0.6 is 23.1 Å². The van der Waals surface area contributed by atoms with Crippen molar-refractivity contribution in [2.24, 2.45) is 0 Å². The molecule has 2 heteroatoms. The molecule has 0 nitrogen and oxygen atoms in total. The van der Waals surface area contributed by atoms with Crippen molar-refractivity contribution in [3.8, 4) is 0 Å². The standard InChI is InChI=1S/C7H8S2/c1-3-6-4-5-9-7(6)8-2/h3-5H,1H2,2H3. The van der Waals surface area contributed by atoms with Gasteiger partial charge in [0.25, 0.3) is 0 Å². The van der Waals surface area contributed by atoms with E-state index in [-0.39, 0.29) is 0 Å². The highest BCUT2D eigenvalue weighted by Gasteiger charge is 1.95. The minimum Gasteiger partial charge on any atom is -0.137 e. The van der Waals surface area contributed by atoms with Crippen LogP contribution in [0.3, 0.4) is 0 Å². The zero-order chi connectivity index (χ0) is 6.69. The molecule has 0 aliphatic rings. The lowest BCUT2D eigenvalue weighted by atomic mass is 10.3. The van der Waals surface area contributed by atoms with Crippen LogP contribution in [0.15, 0.2) is 22.2 Å². The first kappa shape index (κ1) is 6.90. The second-order valence-corrected chi connectivity index (χ2v) is 3.56. The Balaban J connectivity index is 2.98. The van der Waals surface area contributed by atoms with E-state index >= 15 is 0 Å². The maximum absolute atomic E-state index is 3.71. The smallest absolute Gasteiger partial charge is 0.0668 e. The SMILES string of the molecule is C=Cc1ccsc1SC. The summed E-state index contributed by atoms with van der Waals surface area (Å²) in [5.41, 5.74) is 1.26. The van der Waals surface area contributed by atoms with E-state index in [0.29, 0.717) is 0 Å². The molecule has 48 valence electrons. The van der Waals surface area contributed by atoms with Gasteiger partial charge < -0.3 is 0 Å². The van der Waals surface area contributed by atoms with Gasteiger partial charge >= 0.3 is 0 Å². The topological polar surface area (TPSA) is 0 Å². The molecule has 1 heterocycles. The van der Waals surface area contributed by atoms with Crippen molar-refractivity contribution >= 4 is 29.2 Å². The summed E-state index contributed by atoms with van der Waals surface area (Å²) in [4.78, 5) is 0. The van der Waals surface area contributed by atoms with Crippen molar-refractivity contribution in [1.29, 1.82) is 0 Å². The molecule has 0 bridgehead atoms. The number of thioether (sulfide) groups is 1. The highest BCUT2D eigenvalue weighted by atomic mass is 32.2. The van der Waals surface area contributed by atoms with Crippen molar-refractivity contribution in [2.45, 2.75) is 4.21 Å². The van der Waals surface area contributed by atoms with Crippen LogP contribution in [0, 0.1) is 0 Å². The number of thiophene rings is 1. The summed E-state index contributed by atoms with van der Waals surface area (Å²) in [7, 11) is 0. The van der Waals surface area contributed by atoms with Gasteiger partial charge in [0.1, 0.15) is 0 Å². The average Bonchev–Trinajstić information content (AvgIpc) is 2.33. The Hall–Kier alpha value is -0.210. The first-order valence-electron chi connectivity index (χ1n) is 2.62. The zero-order valence-electron chi connectivity index (χ0n) is 5.26. The van der Waals surface area contributed by atoms with Crippen LogP contribution < -0.4 is 0 Å². The fraction of sp³-hybridized carbons (Fsp3) is 0.143. The number of hydrogen-bond acceptors (Lipinski definition) is 2. The molecule has 0 unspecified atom stereocenters. The highest BCUT2D eigenvalue weighted by molar-refractivity contribution is 8.00. The van der Waals surface area contributed by atoms with Gasteiger partial charge in [0, 0.05) is 0 Å². The summed E-state index contributed by atoms with van der Waals surface area (Å²) in [6, 6.07) is 2.09. The van der Waals surface area contributed by atoms with Gasteiger partial charge in [-0.1, -0.05) is 12.7 Å². The van der Waals surface area contributed by atoms with Crippen LogP contribution in [-0.2, 0) is 0 Å². The van der Waals surface area contributed by atoms with E-state index in [2.05, 4.69) is 24.3 Å². The minimum atomic E-state index is 1.26. The van der Waals surface area contributed by atoms with Gasteiger partial charge in [-0.2, -0.15) is 0 Å². The van der Waals surface area contributed by atoms with Crippen LogP contribution in [0.4, 0.5) is 0 Å². The molecule has 0 radical (unpaired) electrons. The molecule has 9 heavy (non-hydrogen) atoms. The van der Waals surface area contributed by atoms with E-state index in [1.165, 1.54) is 9.77 Å². The van der Waals surface area contributed by atoms with E-state index in [9.17, 15) is 0 Å². The van der Waals surface area contributed by atoms with Gasteiger partial charge in [0.2, 0.25) is 0 Å². The fourth-order valence-corrected chi connectivity index (χ4v) is 2.19. The zero-order valence-corrected chi connectivity index (χ0v) is 6.89. The van der Waals surface area contributed by atoms with E-state index in [1.807, 2.05) is 6.08 Å². The maximum atomic E-state index is 3.71. The highest BCUT2D eigenvalue weighted by Crippen LogP contribution is 2.26. The number of rotatable bonds is 2. The lowest BCUT2D eigenvalue weighted by molar-refractivity contribution is 1.66. The first-order chi connectivity index (χ1) is 4.38. The first-order valence-corrected chi connectivity index (χ1v) is 4.73. The third-order valence-electron chi connectivity index (χ3n) is 1.06.